The molecule has 2 atom stereocenters. The maximum absolute atomic E-state index is 12.7. The van der Waals surface area contributed by atoms with Crippen molar-refractivity contribution >= 4 is 21.9 Å². The average molecular weight is 382 g/mol. The van der Waals surface area contributed by atoms with E-state index in [9.17, 15) is 23.1 Å². The van der Waals surface area contributed by atoms with Gasteiger partial charge in [0.15, 0.2) is 0 Å². The Labute approximate surface area is 154 Å². The molecule has 1 heterocycles. The summed E-state index contributed by atoms with van der Waals surface area (Å²) in [5.74, 6) is -1.89. The van der Waals surface area contributed by atoms with Crippen LogP contribution in [0.5, 0.6) is 0 Å². The van der Waals surface area contributed by atoms with E-state index >= 15 is 0 Å². The summed E-state index contributed by atoms with van der Waals surface area (Å²) in [6.07, 6.45) is 1.44. The minimum Gasteiger partial charge on any atom is -0.480 e. The molecule has 1 amide bonds. The van der Waals surface area contributed by atoms with Crippen molar-refractivity contribution in [3.8, 4) is 0 Å². The number of rotatable bonds is 7. The third-order valence-corrected chi connectivity index (χ3v) is 6.34. The van der Waals surface area contributed by atoms with Crippen molar-refractivity contribution in [2.45, 2.75) is 44.0 Å². The number of carboxylic acid groups (broad SMARTS) is 1. The van der Waals surface area contributed by atoms with Gasteiger partial charge in [-0.3, -0.25) is 4.79 Å². The molecule has 1 fully saturated rings. The van der Waals surface area contributed by atoms with Gasteiger partial charge in [-0.2, -0.15) is 4.31 Å². The van der Waals surface area contributed by atoms with Crippen molar-refractivity contribution in [1.82, 2.24) is 9.62 Å². The van der Waals surface area contributed by atoms with Gasteiger partial charge < -0.3 is 10.4 Å². The van der Waals surface area contributed by atoms with Gasteiger partial charge >= 0.3 is 5.97 Å². The lowest BCUT2D eigenvalue weighted by Crippen LogP contribution is -2.49. The molecule has 2 rings (SSSR count). The summed E-state index contributed by atoms with van der Waals surface area (Å²) < 4.78 is 26.8. The van der Waals surface area contributed by atoms with Crippen LogP contribution in [0.1, 0.15) is 33.1 Å². The summed E-state index contributed by atoms with van der Waals surface area (Å²) in [6.45, 7) is 4.19. The quantitative estimate of drug-likeness (QED) is 0.747. The van der Waals surface area contributed by atoms with Crippen molar-refractivity contribution in [3.05, 3.63) is 30.3 Å². The van der Waals surface area contributed by atoms with Gasteiger partial charge in [0.05, 0.1) is 10.8 Å². The van der Waals surface area contributed by atoms with E-state index in [0.29, 0.717) is 25.8 Å². The summed E-state index contributed by atoms with van der Waals surface area (Å²) in [7, 11) is -3.66. The predicted molar refractivity (Wildman–Crippen MR) is 96.9 cm³/mol. The molecule has 1 aromatic carbocycles. The van der Waals surface area contributed by atoms with E-state index in [1.807, 2.05) is 13.8 Å². The Morgan fingerprint density at radius 1 is 1.27 bits per heavy atom. The van der Waals surface area contributed by atoms with E-state index in [2.05, 4.69) is 5.32 Å². The summed E-state index contributed by atoms with van der Waals surface area (Å²) in [5.41, 5.74) is 0. The minimum atomic E-state index is -3.66. The Bertz CT molecular complexity index is 733. The van der Waals surface area contributed by atoms with Crippen LogP contribution in [0, 0.1) is 11.8 Å². The Kier molecular flexibility index (Phi) is 6.77. The second-order valence-electron chi connectivity index (χ2n) is 7.04. The predicted octanol–water partition coefficient (Wildman–Crippen LogP) is 1.70. The Balaban J connectivity index is 2.07. The molecule has 1 aliphatic heterocycles. The molecule has 0 aliphatic carbocycles. The molecule has 0 aromatic heterocycles. The zero-order valence-corrected chi connectivity index (χ0v) is 15.9. The van der Waals surface area contributed by atoms with Gasteiger partial charge in [0.2, 0.25) is 15.9 Å². The molecular formula is C18H26N2O5S. The van der Waals surface area contributed by atoms with Crippen molar-refractivity contribution < 1.29 is 23.1 Å². The number of hydrogen-bond acceptors (Lipinski definition) is 4. The fourth-order valence-electron chi connectivity index (χ4n) is 3.10. The van der Waals surface area contributed by atoms with E-state index in [1.165, 1.54) is 16.4 Å². The number of carbonyl (C=O) groups excluding carboxylic acids is 1. The fraction of sp³-hybridized carbons (Fsp3) is 0.556. The number of aliphatic carboxylic acids is 1. The fourth-order valence-corrected chi connectivity index (χ4v) is 4.64. The molecule has 1 aliphatic rings. The van der Waals surface area contributed by atoms with Gasteiger partial charge in [0, 0.05) is 13.1 Å². The number of carboxylic acids is 1. The van der Waals surface area contributed by atoms with Gasteiger partial charge in [-0.1, -0.05) is 32.0 Å². The first-order valence-corrected chi connectivity index (χ1v) is 10.2. The second kappa shape index (κ2) is 8.64. The van der Waals surface area contributed by atoms with E-state index in [0.717, 1.165) is 0 Å². The van der Waals surface area contributed by atoms with Gasteiger partial charge in [0.25, 0.3) is 0 Å². The van der Waals surface area contributed by atoms with Gasteiger partial charge in [0.1, 0.15) is 6.04 Å². The zero-order valence-electron chi connectivity index (χ0n) is 15.1. The number of benzene rings is 1. The number of piperidine rings is 1. The van der Waals surface area contributed by atoms with Crippen molar-refractivity contribution in [2.24, 2.45) is 11.8 Å². The minimum absolute atomic E-state index is 0.0665. The van der Waals surface area contributed by atoms with Crippen molar-refractivity contribution in [3.63, 3.8) is 0 Å². The van der Waals surface area contributed by atoms with Crippen LogP contribution in [-0.2, 0) is 19.6 Å². The van der Waals surface area contributed by atoms with Crippen LogP contribution in [0.15, 0.2) is 35.2 Å². The molecule has 2 N–H and O–H groups in total. The average Bonchev–Trinajstić information content (AvgIpc) is 2.61. The van der Waals surface area contributed by atoms with E-state index in [4.69, 9.17) is 0 Å². The Hall–Kier alpha value is -1.93. The summed E-state index contributed by atoms with van der Waals surface area (Å²) in [5, 5.41) is 11.8. The first kappa shape index (κ1) is 20.4. The van der Waals surface area contributed by atoms with Crippen LogP contribution < -0.4 is 5.32 Å². The number of nitrogens with zero attached hydrogens (tertiary/aromatic N) is 1. The Morgan fingerprint density at radius 2 is 1.92 bits per heavy atom. The molecule has 26 heavy (non-hydrogen) atoms. The topological polar surface area (TPSA) is 104 Å². The highest BCUT2D eigenvalue weighted by molar-refractivity contribution is 7.89. The molecule has 1 aromatic rings. The highest BCUT2D eigenvalue weighted by atomic mass is 32.2. The first-order chi connectivity index (χ1) is 12.2. The maximum atomic E-state index is 12.7. The molecule has 144 valence electrons. The van der Waals surface area contributed by atoms with Crippen LogP contribution in [0.4, 0.5) is 0 Å². The molecule has 0 spiro atoms. The molecule has 0 bridgehead atoms. The smallest absolute Gasteiger partial charge is 0.326 e. The van der Waals surface area contributed by atoms with Crippen LogP contribution in [0.2, 0.25) is 0 Å². The Morgan fingerprint density at radius 3 is 2.50 bits per heavy atom. The molecule has 7 nitrogen and oxygen atoms in total. The maximum Gasteiger partial charge on any atom is 0.326 e. The molecule has 2 unspecified atom stereocenters. The van der Waals surface area contributed by atoms with Gasteiger partial charge in [-0.25, -0.2) is 13.2 Å². The summed E-state index contributed by atoms with van der Waals surface area (Å²) >= 11 is 0. The number of amides is 1. The monoisotopic (exact) mass is 382 g/mol. The first-order valence-electron chi connectivity index (χ1n) is 8.80. The van der Waals surface area contributed by atoms with E-state index in [-0.39, 0.29) is 17.4 Å². The number of sulfonamides is 1. The summed E-state index contributed by atoms with van der Waals surface area (Å²) in [6, 6.07) is 7.16. The summed E-state index contributed by atoms with van der Waals surface area (Å²) in [4.78, 5) is 24.0. The standard InChI is InChI=1S/C18H26N2O5S/c1-13(2)11-16(18(22)23)19-17(21)14-7-6-10-20(12-14)26(24,25)15-8-4-3-5-9-15/h3-5,8-9,13-14,16H,6-7,10-12H2,1-2H3,(H,19,21)(H,22,23). The van der Waals surface area contributed by atoms with E-state index < -0.39 is 33.9 Å². The van der Waals surface area contributed by atoms with Gasteiger partial charge in [-0.05, 0) is 37.3 Å². The van der Waals surface area contributed by atoms with Crippen LogP contribution in [-0.4, -0.2) is 48.8 Å². The van der Waals surface area contributed by atoms with Crippen molar-refractivity contribution in [2.75, 3.05) is 13.1 Å². The third kappa shape index (κ3) is 5.04. The number of hydrogen-bond donors (Lipinski definition) is 2. The molecule has 1 saturated heterocycles. The lowest BCUT2D eigenvalue weighted by atomic mass is 9.97. The van der Waals surface area contributed by atoms with E-state index in [1.54, 1.807) is 18.2 Å². The highest BCUT2D eigenvalue weighted by Gasteiger charge is 2.34. The van der Waals surface area contributed by atoms with Crippen LogP contribution in [0.25, 0.3) is 0 Å². The molecule has 0 saturated carbocycles. The molecule has 0 radical (unpaired) electrons. The molecule has 8 heteroatoms. The largest absolute Gasteiger partial charge is 0.480 e. The van der Waals surface area contributed by atoms with Gasteiger partial charge in [-0.15, -0.1) is 0 Å². The van der Waals surface area contributed by atoms with Crippen molar-refractivity contribution in [1.29, 1.82) is 0 Å². The normalized spacial score (nSPS) is 19.9. The SMILES string of the molecule is CC(C)CC(NC(=O)C1CCCN(S(=O)(=O)c2ccccc2)C1)C(=O)O. The second-order valence-corrected chi connectivity index (χ2v) is 8.98. The lowest BCUT2D eigenvalue weighted by molar-refractivity contribution is -0.143. The number of carbonyl (C=O) groups is 2. The van der Waals surface area contributed by atoms with Crippen LogP contribution in [0.3, 0.4) is 0 Å². The molecular weight excluding hydrogens is 356 g/mol. The number of nitrogens with one attached hydrogen (secondary N) is 1. The zero-order chi connectivity index (χ0) is 19.3. The highest BCUT2D eigenvalue weighted by Crippen LogP contribution is 2.24. The van der Waals surface area contributed by atoms with Crippen LogP contribution >= 0.6 is 0 Å². The lowest BCUT2D eigenvalue weighted by Gasteiger charge is -2.32. The third-order valence-electron chi connectivity index (χ3n) is 4.46.